The summed E-state index contributed by atoms with van der Waals surface area (Å²) in [7, 11) is 0. The Morgan fingerprint density at radius 3 is 1.77 bits per heavy atom. The summed E-state index contributed by atoms with van der Waals surface area (Å²) in [6.07, 6.45) is 18.8. The van der Waals surface area contributed by atoms with Crippen molar-refractivity contribution in [3.05, 3.63) is 95.1 Å². The lowest BCUT2D eigenvalue weighted by Crippen LogP contribution is -2.25. The molecule has 4 rings (SSSR count). The van der Waals surface area contributed by atoms with Crippen LogP contribution in [0.5, 0.6) is 23.0 Å². The molecule has 2 aromatic carbocycles. The lowest BCUT2D eigenvalue weighted by Gasteiger charge is -2.31. The summed E-state index contributed by atoms with van der Waals surface area (Å²) in [6.45, 7) is 20.4. The fraction of sp³-hybridized carbons (Fsp3) is 0.524. The van der Waals surface area contributed by atoms with Gasteiger partial charge in [0, 0.05) is 17.5 Å². The number of aromatic hydroxyl groups is 4. The monoisotopic (exact) mass is 646 g/mol. The standard InChI is InChI=1S/C21H30O2.C11H16O2.C10H16O/c1-5-6-7-8-16-12-19(22)21(20(23)13-16)18-11-15(4)9-10-17(18)14(2)3;1-2-3-4-5-9-6-10(12)8-11(13)7-9;1-8(2)9-4-6-10(3,11)7-5-9/h11-13,17-18,22-23H,2,5-10H2,1,3-4H3;6-8,12-13H,2-5H2,1H3;4,6,9,11H,1,5,7H2,2-3H3/t17-,18+;;9-,10?/m1.1/s1. The van der Waals surface area contributed by atoms with E-state index in [-0.39, 0.29) is 34.8 Å². The normalized spacial score (nSPS) is 21.9. The van der Waals surface area contributed by atoms with Crippen LogP contribution in [0.15, 0.2) is 78.4 Å². The van der Waals surface area contributed by atoms with Gasteiger partial charge in [-0.3, -0.25) is 0 Å². The van der Waals surface area contributed by atoms with Gasteiger partial charge in [-0.2, -0.15) is 0 Å². The third kappa shape index (κ3) is 13.7. The number of hydrogen-bond donors (Lipinski definition) is 5. The van der Waals surface area contributed by atoms with Gasteiger partial charge in [0.15, 0.2) is 0 Å². The smallest absolute Gasteiger partial charge is 0.123 e. The third-order valence-corrected chi connectivity index (χ3v) is 9.29. The van der Waals surface area contributed by atoms with Crippen molar-refractivity contribution in [2.75, 3.05) is 0 Å². The molecular formula is C42H62O5. The molecule has 0 saturated heterocycles. The van der Waals surface area contributed by atoms with Gasteiger partial charge in [0.1, 0.15) is 23.0 Å². The van der Waals surface area contributed by atoms with E-state index in [2.05, 4.69) is 46.1 Å². The van der Waals surface area contributed by atoms with E-state index in [0.29, 0.717) is 11.5 Å². The van der Waals surface area contributed by atoms with E-state index in [4.69, 9.17) is 0 Å². The van der Waals surface area contributed by atoms with Crippen LogP contribution in [-0.4, -0.2) is 31.1 Å². The number of allylic oxidation sites excluding steroid dienone is 5. The Morgan fingerprint density at radius 1 is 0.787 bits per heavy atom. The molecule has 1 unspecified atom stereocenters. The molecule has 5 nitrogen and oxygen atoms in total. The zero-order valence-electron chi connectivity index (χ0n) is 30.0. The van der Waals surface area contributed by atoms with Gasteiger partial charge in [0.25, 0.3) is 0 Å². The quantitative estimate of drug-likeness (QED) is 0.123. The second-order valence-corrected chi connectivity index (χ2v) is 14.1. The Labute approximate surface area is 285 Å². The molecular weight excluding hydrogens is 584 g/mol. The molecule has 0 fully saturated rings. The van der Waals surface area contributed by atoms with E-state index >= 15 is 0 Å². The van der Waals surface area contributed by atoms with Crippen LogP contribution in [0.4, 0.5) is 0 Å². The maximum absolute atomic E-state index is 10.5. The van der Waals surface area contributed by atoms with E-state index in [1.165, 1.54) is 42.9 Å². The van der Waals surface area contributed by atoms with E-state index in [0.717, 1.165) is 68.1 Å². The van der Waals surface area contributed by atoms with Crippen molar-refractivity contribution in [1.82, 2.24) is 0 Å². The first-order chi connectivity index (χ1) is 22.2. The molecule has 5 N–H and O–H groups in total. The molecule has 0 aliphatic heterocycles. The molecule has 4 atom stereocenters. The highest BCUT2D eigenvalue weighted by Gasteiger charge is 2.30. The summed E-state index contributed by atoms with van der Waals surface area (Å²) < 4.78 is 0. The predicted molar refractivity (Wildman–Crippen MR) is 197 cm³/mol. The topological polar surface area (TPSA) is 101 Å². The zero-order valence-corrected chi connectivity index (χ0v) is 30.0. The van der Waals surface area contributed by atoms with E-state index in [9.17, 15) is 25.5 Å². The Bertz CT molecular complexity index is 1320. The number of phenols is 4. The van der Waals surface area contributed by atoms with Crippen molar-refractivity contribution in [2.24, 2.45) is 11.8 Å². The largest absolute Gasteiger partial charge is 0.508 e. The van der Waals surface area contributed by atoms with Gasteiger partial charge in [-0.25, -0.2) is 0 Å². The van der Waals surface area contributed by atoms with Gasteiger partial charge in [0.05, 0.1) is 5.60 Å². The molecule has 0 bridgehead atoms. The number of unbranched alkanes of at least 4 members (excludes halogenated alkanes) is 4. The Morgan fingerprint density at radius 2 is 1.32 bits per heavy atom. The van der Waals surface area contributed by atoms with Gasteiger partial charge < -0.3 is 25.5 Å². The van der Waals surface area contributed by atoms with Crippen molar-refractivity contribution in [3.8, 4) is 23.0 Å². The molecule has 0 radical (unpaired) electrons. The van der Waals surface area contributed by atoms with Crippen LogP contribution >= 0.6 is 0 Å². The van der Waals surface area contributed by atoms with Crippen LogP contribution in [0.2, 0.25) is 0 Å². The minimum absolute atomic E-state index is 0.0194. The second-order valence-electron chi connectivity index (χ2n) is 14.1. The maximum Gasteiger partial charge on any atom is 0.123 e. The first-order valence-electron chi connectivity index (χ1n) is 17.6. The summed E-state index contributed by atoms with van der Waals surface area (Å²) in [4.78, 5) is 0. The van der Waals surface area contributed by atoms with Gasteiger partial charge in [0.2, 0.25) is 0 Å². The highest BCUT2D eigenvalue weighted by Crippen LogP contribution is 2.46. The average molecular weight is 647 g/mol. The molecule has 2 aliphatic rings. The average Bonchev–Trinajstić information content (AvgIpc) is 2.97. The van der Waals surface area contributed by atoms with E-state index < -0.39 is 5.60 Å². The van der Waals surface area contributed by atoms with Crippen molar-refractivity contribution < 1.29 is 25.5 Å². The van der Waals surface area contributed by atoms with Gasteiger partial charge in [-0.15, -0.1) is 0 Å². The van der Waals surface area contributed by atoms with Crippen LogP contribution < -0.4 is 0 Å². The number of hydrogen-bond acceptors (Lipinski definition) is 5. The van der Waals surface area contributed by atoms with Crippen molar-refractivity contribution in [2.45, 2.75) is 130 Å². The maximum atomic E-state index is 10.5. The molecule has 0 aromatic heterocycles. The molecule has 0 amide bonds. The minimum atomic E-state index is -0.577. The molecule has 260 valence electrons. The Kier molecular flexibility index (Phi) is 16.4. The van der Waals surface area contributed by atoms with Crippen LogP contribution in [0.3, 0.4) is 0 Å². The number of phenolic OH excluding ortho intramolecular Hbond substituents is 4. The lowest BCUT2D eigenvalue weighted by molar-refractivity contribution is 0.0903. The first-order valence-corrected chi connectivity index (χ1v) is 17.6. The molecule has 0 heterocycles. The van der Waals surface area contributed by atoms with Crippen LogP contribution in [0.25, 0.3) is 0 Å². The van der Waals surface area contributed by atoms with Crippen LogP contribution in [0.1, 0.15) is 128 Å². The molecule has 2 aromatic rings. The zero-order chi connectivity index (χ0) is 35.1. The van der Waals surface area contributed by atoms with Gasteiger partial charge >= 0.3 is 0 Å². The van der Waals surface area contributed by atoms with Crippen molar-refractivity contribution in [1.29, 1.82) is 0 Å². The van der Waals surface area contributed by atoms with E-state index in [1.54, 1.807) is 12.1 Å². The van der Waals surface area contributed by atoms with Crippen molar-refractivity contribution in [3.63, 3.8) is 0 Å². The lowest BCUT2D eigenvalue weighted by atomic mass is 9.73. The Balaban J connectivity index is 0.000000270. The van der Waals surface area contributed by atoms with Crippen LogP contribution in [0, 0.1) is 11.8 Å². The number of aliphatic hydroxyl groups is 1. The number of rotatable bonds is 11. The van der Waals surface area contributed by atoms with Crippen LogP contribution in [-0.2, 0) is 12.8 Å². The third-order valence-electron chi connectivity index (χ3n) is 9.29. The second kappa shape index (κ2) is 19.4. The first kappa shape index (κ1) is 39.7. The molecule has 2 aliphatic carbocycles. The summed E-state index contributed by atoms with van der Waals surface area (Å²) in [6, 6.07) is 8.42. The SMILES string of the molecule is C=C(C)[C@@H]1C=CC(C)(O)CC1.C=C(C)[C@H]1CCC(C)=C[C@@H]1c1c(O)cc(CCCCC)cc1O.CCCCCc1cc(O)cc(O)c1. The summed E-state index contributed by atoms with van der Waals surface area (Å²) >= 11 is 0. The van der Waals surface area contributed by atoms with Crippen molar-refractivity contribution >= 4 is 0 Å². The minimum Gasteiger partial charge on any atom is -0.508 e. The predicted octanol–water partition coefficient (Wildman–Crippen LogP) is 11.0. The van der Waals surface area contributed by atoms with E-state index in [1.807, 2.05) is 39.0 Å². The fourth-order valence-corrected chi connectivity index (χ4v) is 6.39. The summed E-state index contributed by atoms with van der Waals surface area (Å²) in [5.41, 5.74) is 5.73. The van der Waals surface area contributed by atoms with Gasteiger partial charge in [-0.05, 0) is 126 Å². The molecule has 47 heavy (non-hydrogen) atoms. The fourth-order valence-electron chi connectivity index (χ4n) is 6.39. The summed E-state index contributed by atoms with van der Waals surface area (Å²) in [5.74, 6) is 1.51. The number of benzene rings is 2. The highest BCUT2D eigenvalue weighted by atomic mass is 16.3. The highest BCUT2D eigenvalue weighted by molar-refractivity contribution is 5.52. The molecule has 0 spiro atoms. The number of aryl methyl sites for hydroxylation is 2. The van der Waals surface area contributed by atoms with Gasteiger partial charge in [-0.1, -0.05) is 87.6 Å². The molecule has 0 saturated carbocycles. The molecule has 5 heteroatoms. The Hall–Kier alpha value is -3.44. The summed E-state index contributed by atoms with van der Waals surface area (Å²) in [5, 5.41) is 49.0.